The van der Waals surface area contributed by atoms with E-state index in [2.05, 4.69) is 29.6 Å². The number of hydrogen-bond acceptors (Lipinski definition) is 10. The Morgan fingerprint density at radius 3 is 2.64 bits per heavy atom. The summed E-state index contributed by atoms with van der Waals surface area (Å²) in [5.74, 6) is -0.402. The maximum atomic E-state index is 14.4. The number of nitrogens with two attached hydrogens (primary N) is 2. The highest BCUT2D eigenvalue weighted by molar-refractivity contribution is 7.88. The molecule has 204 valence electrons. The van der Waals surface area contributed by atoms with Crippen LogP contribution >= 0.6 is 0 Å². The van der Waals surface area contributed by atoms with Crippen molar-refractivity contribution in [3.8, 4) is 11.5 Å². The molecule has 0 fully saturated rings. The molecule has 0 saturated carbocycles. The monoisotopic (exact) mass is 555 g/mol. The Morgan fingerprint density at radius 1 is 1.21 bits per heavy atom. The molecule has 1 amide bonds. The van der Waals surface area contributed by atoms with Crippen LogP contribution in [0.15, 0.2) is 42.6 Å². The van der Waals surface area contributed by atoms with Crippen molar-refractivity contribution < 1.29 is 21.8 Å². The number of amides is 1. The van der Waals surface area contributed by atoms with Crippen LogP contribution in [0.4, 0.5) is 26.5 Å². The molecule has 39 heavy (non-hydrogen) atoms. The van der Waals surface area contributed by atoms with E-state index in [0.29, 0.717) is 22.3 Å². The molecule has 0 saturated heterocycles. The van der Waals surface area contributed by atoms with Crippen LogP contribution < -0.4 is 21.1 Å². The highest BCUT2D eigenvalue weighted by atomic mass is 32.2. The summed E-state index contributed by atoms with van der Waals surface area (Å²) in [5.41, 5.74) is 11.9. The number of benzene rings is 1. The Kier molecular flexibility index (Phi) is 6.25. The van der Waals surface area contributed by atoms with Crippen LogP contribution in [0.5, 0.6) is 0 Å². The number of rotatable bonds is 5. The zero-order chi connectivity index (χ0) is 28.1. The molecule has 4 heterocycles. The molecular weight excluding hydrogens is 529 g/mol. The number of nitrogens with zero attached hydrogens (tertiary/aromatic N) is 6. The van der Waals surface area contributed by atoms with Gasteiger partial charge < -0.3 is 21.0 Å². The van der Waals surface area contributed by atoms with E-state index in [1.54, 1.807) is 36.5 Å². The number of anilines is 3. The molecule has 1 aromatic carbocycles. The Balaban J connectivity index is 1.65. The molecule has 1 aliphatic heterocycles. The third-order valence-corrected chi connectivity index (χ3v) is 7.60. The van der Waals surface area contributed by atoms with Gasteiger partial charge in [0.05, 0.1) is 18.0 Å². The molecule has 1 atom stereocenters. The molecule has 1 unspecified atom stereocenters. The van der Waals surface area contributed by atoms with Crippen LogP contribution in [-0.4, -0.2) is 51.8 Å². The van der Waals surface area contributed by atoms with Gasteiger partial charge in [-0.1, -0.05) is 39.0 Å². The van der Waals surface area contributed by atoms with Gasteiger partial charge in [0, 0.05) is 18.3 Å². The molecule has 5 rings (SSSR count). The van der Waals surface area contributed by atoms with Gasteiger partial charge in [-0.15, -0.1) is 0 Å². The van der Waals surface area contributed by atoms with Crippen LogP contribution in [-0.2, 0) is 21.0 Å². The summed E-state index contributed by atoms with van der Waals surface area (Å²) in [6.45, 7) is 5.69. The SMILES string of the molecule is CC(C)(C)C1CNc2nc(-c3nn(Cc4ccccc4F)c4ncccc34)nc(N)c2N1S(=O)(=O)OC(N)=O. The molecule has 0 bridgehead atoms. The lowest BCUT2D eigenvalue weighted by Crippen LogP contribution is -2.55. The Morgan fingerprint density at radius 2 is 1.95 bits per heavy atom. The molecule has 5 N–H and O–H groups in total. The first-order chi connectivity index (χ1) is 18.4. The molecule has 13 nitrogen and oxygen atoms in total. The van der Waals surface area contributed by atoms with Crippen molar-refractivity contribution in [1.29, 1.82) is 0 Å². The highest BCUT2D eigenvalue weighted by Gasteiger charge is 2.45. The largest absolute Gasteiger partial charge is 0.421 e. The minimum absolute atomic E-state index is 0.0839. The second-order valence-electron chi connectivity index (χ2n) is 10.0. The van der Waals surface area contributed by atoms with Crippen LogP contribution in [0, 0.1) is 11.2 Å². The molecule has 1 aliphatic rings. The summed E-state index contributed by atoms with van der Waals surface area (Å²) in [5, 5.41) is 8.31. The van der Waals surface area contributed by atoms with Gasteiger partial charge in [-0.3, -0.25) is 0 Å². The third-order valence-electron chi connectivity index (χ3n) is 6.30. The first-order valence-corrected chi connectivity index (χ1v) is 13.2. The van der Waals surface area contributed by atoms with Gasteiger partial charge in [0.15, 0.2) is 23.1 Å². The lowest BCUT2D eigenvalue weighted by molar-refractivity contribution is 0.211. The quantitative estimate of drug-likeness (QED) is 0.331. The zero-order valence-electron chi connectivity index (χ0n) is 21.3. The number of nitrogens with one attached hydrogen (secondary N) is 1. The second kappa shape index (κ2) is 9.34. The Hall–Kier alpha value is -4.53. The summed E-state index contributed by atoms with van der Waals surface area (Å²) in [6, 6.07) is 9.09. The fourth-order valence-electron chi connectivity index (χ4n) is 4.49. The minimum atomic E-state index is -4.70. The topological polar surface area (TPSA) is 184 Å². The van der Waals surface area contributed by atoms with Gasteiger partial charge in [-0.25, -0.2) is 33.1 Å². The fourth-order valence-corrected chi connectivity index (χ4v) is 5.89. The van der Waals surface area contributed by atoms with Crippen molar-refractivity contribution in [3.63, 3.8) is 0 Å². The van der Waals surface area contributed by atoms with Crippen molar-refractivity contribution in [2.45, 2.75) is 33.4 Å². The van der Waals surface area contributed by atoms with E-state index in [4.69, 9.17) is 11.5 Å². The number of pyridine rings is 1. The van der Waals surface area contributed by atoms with Crippen molar-refractivity contribution in [3.05, 3.63) is 54.0 Å². The lowest BCUT2D eigenvalue weighted by Gasteiger charge is -2.43. The van der Waals surface area contributed by atoms with Crippen molar-refractivity contribution in [2.24, 2.45) is 11.1 Å². The molecule has 0 aliphatic carbocycles. The molecule has 15 heteroatoms. The minimum Gasteiger partial charge on any atom is -0.382 e. The number of carbonyl (C=O) groups is 1. The summed E-state index contributed by atoms with van der Waals surface area (Å²) in [7, 11) is -4.70. The van der Waals surface area contributed by atoms with Gasteiger partial charge in [-0.05, 0) is 23.6 Å². The number of fused-ring (bicyclic) bond motifs is 2. The van der Waals surface area contributed by atoms with Crippen LogP contribution in [0.3, 0.4) is 0 Å². The van der Waals surface area contributed by atoms with Gasteiger partial charge in [0.2, 0.25) is 0 Å². The summed E-state index contributed by atoms with van der Waals surface area (Å²) < 4.78 is 47.5. The summed E-state index contributed by atoms with van der Waals surface area (Å²) in [4.78, 5) is 24.7. The lowest BCUT2D eigenvalue weighted by atomic mass is 9.85. The van der Waals surface area contributed by atoms with Crippen LogP contribution in [0.25, 0.3) is 22.6 Å². The predicted molar refractivity (Wildman–Crippen MR) is 142 cm³/mol. The van der Waals surface area contributed by atoms with Gasteiger partial charge in [-0.2, -0.15) is 13.5 Å². The van der Waals surface area contributed by atoms with E-state index >= 15 is 0 Å². The Bertz CT molecular complexity index is 1700. The molecule has 0 radical (unpaired) electrons. The number of aromatic nitrogens is 5. The average Bonchev–Trinajstić information content (AvgIpc) is 3.22. The highest BCUT2D eigenvalue weighted by Crippen LogP contribution is 2.43. The number of primary amides is 1. The first-order valence-electron chi connectivity index (χ1n) is 11.9. The standard InChI is InChI=1S/C24H26FN9O4S/c1-24(2,3)16-11-29-21-18(34(16)39(36,37)38-23(27)35)19(26)30-20(31-21)17-14-8-6-10-28-22(14)33(32-17)12-13-7-4-5-9-15(13)25/h4-10,16H,11-12H2,1-3H3,(H2,27,35)(H3,26,29,30,31). The van der Waals surface area contributed by atoms with E-state index in [9.17, 15) is 17.6 Å². The summed E-state index contributed by atoms with van der Waals surface area (Å²) >= 11 is 0. The van der Waals surface area contributed by atoms with Gasteiger partial charge in [0.25, 0.3) is 0 Å². The number of halogens is 1. The molecule has 4 aromatic rings. The second-order valence-corrected chi connectivity index (χ2v) is 11.4. The number of hydrogen-bond donors (Lipinski definition) is 3. The Labute approximate surface area is 223 Å². The average molecular weight is 556 g/mol. The summed E-state index contributed by atoms with van der Waals surface area (Å²) in [6.07, 6.45) is 0.0989. The van der Waals surface area contributed by atoms with E-state index in [1.165, 1.54) is 10.7 Å². The third kappa shape index (κ3) is 4.76. The maximum Gasteiger partial charge on any atom is 0.421 e. The fraction of sp³-hybridized carbons (Fsp3) is 0.292. The van der Waals surface area contributed by atoms with Crippen molar-refractivity contribution >= 4 is 44.8 Å². The first kappa shape index (κ1) is 26.1. The molecular formula is C24H26FN9O4S. The zero-order valence-corrected chi connectivity index (χ0v) is 22.1. The van der Waals surface area contributed by atoms with Crippen LogP contribution in [0.2, 0.25) is 0 Å². The molecule has 3 aromatic heterocycles. The number of nitrogen functional groups attached to an aromatic ring is 1. The predicted octanol–water partition coefficient (Wildman–Crippen LogP) is 2.64. The van der Waals surface area contributed by atoms with Crippen molar-refractivity contribution in [1.82, 2.24) is 24.7 Å². The van der Waals surface area contributed by atoms with E-state index in [0.717, 1.165) is 4.31 Å². The van der Waals surface area contributed by atoms with Gasteiger partial charge in [0.1, 0.15) is 17.2 Å². The van der Waals surface area contributed by atoms with Gasteiger partial charge >= 0.3 is 16.4 Å². The number of carbonyl (C=O) groups excluding carboxylic acids is 1. The van der Waals surface area contributed by atoms with E-state index < -0.39 is 27.9 Å². The maximum absolute atomic E-state index is 14.4. The van der Waals surface area contributed by atoms with Crippen molar-refractivity contribution in [2.75, 3.05) is 21.9 Å². The normalized spacial score (nSPS) is 15.6. The van der Waals surface area contributed by atoms with E-state index in [1.807, 2.05) is 20.8 Å². The molecule has 0 spiro atoms. The smallest absolute Gasteiger partial charge is 0.382 e. The van der Waals surface area contributed by atoms with Crippen LogP contribution in [0.1, 0.15) is 26.3 Å². The van der Waals surface area contributed by atoms with E-state index in [-0.39, 0.29) is 42.1 Å².